The molecule has 5 nitrogen and oxygen atoms in total. The van der Waals surface area contributed by atoms with Gasteiger partial charge in [0.15, 0.2) is 0 Å². The van der Waals surface area contributed by atoms with Crippen LogP contribution < -0.4 is 11.1 Å². The maximum Gasteiger partial charge on any atom is 0.222 e. The number of aryl methyl sites for hydroxylation is 1. The second-order valence-electron chi connectivity index (χ2n) is 5.45. The van der Waals surface area contributed by atoms with Crippen molar-refractivity contribution in [3.63, 3.8) is 0 Å². The van der Waals surface area contributed by atoms with Gasteiger partial charge >= 0.3 is 0 Å². The van der Waals surface area contributed by atoms with E-state index < -0.39 is 0 Å². The first kappa shape index (κ1) is 15.5. The normalized spacial score (nSPS) is 12.5. The highest BCUT2D eigenvalue weighted by Crippen LogP contribution is 2.24. The summed E-state index contributed by atoms with van der Waals surface area (Å²) >= 11 is 0. The quantitative estimate of drug-likeness (QED) is 0.729. The van der Waals surface area contributed by atoms with Crippen LogP contribution in [0.4, 0.5) is 11.8 Å². The van der Waals surface area contributed by atoms with Crippen LogP contribution in [0.5, 0.6) is 0 Å². The molecule has 0 unspecified atom stereocenters. The second-order valence-corrected chi connectivity index (χ2v) is 5.45. The van der Waals surface area contributed by atoms with Crippen LogP contribution in [-0.2, 0) is 0 Å². The summed E-state index contributed by atoms with van der Waals surface area (Å²) in [5, 5.41) is 13.6. The molecule has 1 heterocycles. The van der Waals surface area contributed by atoms with Gasteiger partial charge in [-0.3, -0.25) is 0 Å². The number of nitrogens with one attached hydrogen (secondary N) is 1. The van der Waals surface area contributed by atoms with Gasteiger partial charge in [0, 0.05) is 18.0 Å². The lowest BCUT2D eigenvalue weighted by molar-refractivity contribution is 0.276. The van der Waals surface area contributed by atoms with Gasteiger partial charge in [-0.2, -0.15) is 4.98 Å². The van der Waals surface area contributed by atoms with E-state index in [-0.39, 0.29) is 18.6 Å². The first-order chi connectivity index (χ1) is 10.1. The standard InChI is InChI=1S/C16H24N4O/c1-3-4-5-12(8-9-21)18-15-13-7-6-11(2)10-14(13)19-16(17)20-15/h6-7,10,12,21H,3-5,8-9H2,1-2H3,(H3,17,18,19,20)/t12-/m0/s1. The summed E-state index contributed by atoms with van der Waals surface area (Å²) in [6.07, 6.45) is 3.97. The van der Waals surface area contributed by atoms with Crippen LogP contribution in [0.25, 0.3) is 10.9 Å². The minimum absolute atomic E-state index is 0.166. The van der Waals surface area contributed by atoms with Gasteiger partial charge in [0.2, 0.25) is 5.95 Å². The lowest BCUT2D eigenvalue weighted by atomic mass is 10.1. The zero-order valence-electron chi connectivity index (χ0n) is 12.8. The van der Waals surface area contributed by atoms with E-state index in [1.54, 1.807) is 0 Å². The van der Waals surface area contributed by atoms with E-state index >= 15 is 0 Å². The highest BCUT2D eigenvalue weighted by molar-refractivity contribution is 5.90. The molecule has 0 aliphatic rings. The molecule has 0 saturated heterocycles. The topological polar surface area (TPSA) is 84.1 Å². The van der Waals surface area contributed by atoms with Gasteiger partial charge in [-0.25, -0.2) is 4.98 Å². The molecule has 1 atom stereocenters. The minimum Gasteiger partial charge on any atom is -0.396 e. The van der Waals surface area contributed by atoms with Gasteiger partial charge in [0.25, 0.3) is 0 Å². The average molecular weight is 288 g/mol. The van der Waals surface area contributed by atoms with Crippen molar-refractivity contribution in [3.8, 4) is 0 Å². The summed E-state index contributed by atoms with van der Waals surface area (Å²) in [6, 6.07) is 6.27. The third kappa shape index (κ3) is 4.04. The van der Waals surface area contributed by atoms with E-state index in [2.05, 4.69) is 22.2 Å². The molecule has 2 rings (SSSR count). The van der Waals surface area contributed by atoms with Crippen LogP contribution in [0.1, 0.15) is 38.2 Å². The Balaban J connectivity index is 2.31. The van der Waals surface area contributed by atoms with Crippen LogP contribution in [0.2, 0.25) is 0 Å². The molecule has 0 aliphatic carbocycles. The fourth-order valence-electron chi connectivity index (χ4n) is 2.46. The zero-order valence-corrected chi connectivity index (χ0v) is 12.8. The lowest BCUT2D eigenvalue weighted by Crippen LogP contribution is -2.22. The molecular formula is C16H24N4O. The summed E-state index contributed by atoms with van der Waals surface area (Å²) in [4.78, 5) is 8.62. The second kappa shape index (κ2) is 7.22. The Morgan fingerprint density at radius 3 is 2.81 bits per heavy atom. The molecule has 21 heavy (non-hydrogen) atoms. The van der Waals surface area contributed by atoms with Crippen molar-refractivity contribution in [2.24, 2.45) is 0 Å². The molecule has 0 radical (unpaired) electrons. The molecular weight excluding hydrogens is 264 g/mol. The van der Waals surface area contributed by atoms with Crippen molar-refractivity contribution in [2.45, 2.75) is 45.6 Å². The third-order valence-corrected chi connectivity index (χ3v) is 3.59. The number of benzene rings is 1. The number of hydrogen-bond acceptors (Lipinski definition) is 5. The fourth-order valence-corrected chi connectivity index (χ4v) is 2.46. The summed E-state index contributed by atoms with van der Waals surface area (Å²) in [5.41, 5.74) is 7.81. The largest absolute Gasteiger partial charge is 0.396 e. The lowest BCUT2D eigenvalue weighted by Gasteiger charge is -2.19. The number of nitrogen functional groups attached to an aromatic ring is 1. The van der Waals surface area contributed by atoms with Gasteiger partial charge in [-0.1, -0.05) is 25.8 Å². The molecule has 1 aromatic carbocycles. The van der Waals surface area contributed by atoms with Crippen molar-refractivity contribution in [1.82, 2.24) is 9.97 Å². The van der Waals surface area contributed by atoms with E-state index in [1.165, 1.54) is 0 Å². The fraction of sp³-hybridized carbons (Fsp3) is 0.500. The Labute approximate surface area is 125 Å². The first-order valence-electron chi connectivity index (χ1n) is 7.55. The van der Waals surface area contributed by atoms with E-state index in [0.29, 0.717) is 6.42 Å². The molecule has 0 amide bonds. The summed E-state index contributed by atoms with van der Waals surface area (Å²) < 4.78 is 0. The molecule has 0 saturated carbocycles. The highest BCUT2D eigenvalue weighted by atomic mass is 16.3. The Morgan fingerprint density at radius 2 is 2.10 bits per heavy atom. The molecule has 114 valence electrons. The van der Waals surface area contributed by atoms with Gasteiger partial charge in [-0.05, 0) is 37.5 Å². The van der Waals surface area contributed by atoms with Crippen LogP contribution in [0.3, 0.4) is 0 Å². The minimum atomic E-state index is 0.166. The smallest absolute Gasteiger partial charge is 0.222 e. The Kier molecular flexibility index (Phi) is 5.33. The molecule has 0 spiro atoms. The van der Waals surface area contributed by atoms with Crippen molar-refractivity contribution in [1.29, 1.82) is 0 Å². The molecule has 2 aromatic rings. The zero-order chi connectivity index (χ0) is 15.2. The van der Waals surface area contributed by atoms with Crippen molar-refractivity contribution >= 4 is 22.7 Å². The number of fused-ring (bicyclic) bond motifs is 1. The average Bonchev–Trinajstić information content (AvgIpc) is 2.44. The van der Waals surface area contributed by atoms with Gasteiger partial charge in [-0.15, -0.1) is 0 Å². The molecule has 4 N–H and O–H groups in total. The Hall–Kier alpha value is -1.88. The van der Waals surface area contributed by atoms with Crippen molar-refractivity contribution in [3.05, 3.63) is 23.8 Å². The summed E-state index contributed by atoms with van der Waals surface area (Å²) in [7, 11) is 0. The van der Waals surface area contributed by atoms with Gasteiger partial charge < -0.3 is 16.2 Å². The number of nitrogens with two attached hydrogens (primary N) is 1. The molecule has 0 fully saturated rings. The summed E-state index contributed by atoms with van der Waals surface area (Å²) in [6.45, 7) is 4.36. The predicted octanol–water partition coefficient (Wildman–Crippen LogP) is 2.87. The number of nitrogens with zero attached hydrogens (tertiary/aromatic N) is 2. The number of hydrogen-bond donors (Lipinski definition) is 3. The van der Waals surface area contributed by atoms with Crippen molar-refractivity contribution in [2.75, 3.05) is 17.7 Å². The number of aromatic nitrogens is 2. The number of rotatable bonds is 7. The Morgan fingerprint density at radius 1 is 1.29 bits per heavy atom. The number of anilines is 2. The van der Waals surface area contributed by atoms with E-state index in [0.717, 1.165) is 41.5 Å². The maximum absolute atomic E-state index is 9.22. The van der Waals surface area contributed by atoms with Gasteiger partial charge in [0.05, 0.1) is 5.52 Å². The number of unbranched alkanes of at least 4 members (excludes halogenated alkanes) is 1. The molecule has 5 heteroatoms. The van der Waals surface area contributed by atoms with E-state index in [4.69, 9.17) is 5.73 Å². The van der Waals surface area contributed by atoms with Crippen LogP contribution in [-0.4, -0.2) is 27.7 Å². The van der Waals surface area contributed by atoms with Crippen LogP contribution in [0, 0.1) is 6.92 Å². The monoisotopic (exact) mass is 288 g/mol. The summed E-state index contributed by atoms with van der Waals surface area (Å²) in [5.74, 6) is 1.03. The SMILES string of the molecule is CCCC[C@@H](CCO)Nc1nc(N)nc2cc(C)ccc12. The van der Waals surface area contributed by atoms with E-state index in [9.17, 15) is 5.11 Å². The van der Waals surface area contributed by atoms with Gasteiger partial charge in [0.1, 0.15) is 5.82 Å². The van der Waals surface area contributed by atoms with E-state index in [1.807, 2.05) is 25.1 Å². The van der Waals surface area contributed by atoms with Crippen LogP contribution in [0.15, 0.2) is 18.2 Å². The first-order valence-corrected chi connectivity index (χ1v) is 7.55. The number of aliphatic hydroxyl groups is 1. The Bertz CT molecular complexity index is 595. The molecule has 1 aromatic heterocycles. The third-order valence-electron chi connectivity index (χ3n) is 3.59. The van der Waals surface area contributed by atoms with Crippen molar-refractivity contribution < 1.29 is 5.11 Å². The maximum atomic E-state index is 9.22. The number of aliphatic hydroxyl groups excluding tert-OH is 1. The molecule has 0 bridgehead atoms. The predicted molar refractivity (Wildman–Crippen MR) is 87.3 cm³/mol. The highest BCUT2D eigenvalue weighted by Gasteiger charge is 2.12. The molecule has 0 aliphatic heterocycles. The van der Waals surface area contributed by atoms with Crippen LogP contribution >= 0.6 is 0 Å².